The van der Waals surface area contributed by atoms with Crippen molar-refractivity contribution in [3.63, 3.8) is 0 Å². The molecule has 1 fully saturated rings. The third-order valence-corrected chi connectivity index (χ3v) is 3.79. The summed E-state index contributed by atoms with van der Waals surface area (Å²) in [5, 5.41) is 0. The Morgan fingerprint density at radius 2 is 2.25 bits per heavy atom. The number of likely N-dealkylation sites (tertiary alicyclic amines) is 1. The van der Waals surface area contributed by atoms with Crippen LogP contribution in [0.2, 0.25) is 0 Å². The number of nitrogens with two attached hydrogens (primary N) is 1. The van der Waals surface area contributed by atoms with Crippen molar-refractivity contribution in [2.75, 3.05) is 13.1 Å². The van der Waals surface area contributed by atoms with E-state index in [1.54, 1.807) is 21.9 Å². The second-order valence-electron chi connectivity index (χ2n) is 5.29. The van der Waals surface area contributed by atoms with Crippen LogP contribution in [0, 0.1) is 6.92 Å². The molecule has 0 bridgehead atoms. The van der Waals surface area contributed by atoms with E-state index in [0.717, 1.165) is 11.5 Å². The molecule has 0 saturated carbocycles. The Bertz CT molecular complexity index is 631. The Labute approximate surface area is 117 Å². The molecule has 2 N–H and O–H groups in total. The van der Waals surface area contributed by atoms with E-state index in [-0.39, 0.29) is 17.9 Å². The molecule has 6 heteroatoms. The highest BCUT2D eigenvalue weighted by atomic mass is 16.3. The normalized spacial score (nSPS) is 22.4. The molecule has 1 aliphatic rings. The van der Waals surface area contributed by atoms with E-state index in [1.807, 2.05) is 26.1 Å². The van der Waals surface area contributed by atoms with Gasteiger partial charge in [-0.15, -0.1) is 0 Å². The predicted molar refractivity (Wildman–Crippen MR) is 73.3 cm³/mol. The maximum Gasteiger partial charge on any atom is 0.289 e. The summed E-state index contributed by atoms with van der Waals surface area (Å²) in [5.74, 6) is 2.12. The molecule has 1 saturated heterocycles. The number of imidazole rings is 1. The molecule has 2 aromatic heterocycles. The quantitative estimate of drug-likeness (QED) is 0.882. The number of aromatic nitrogens is 2. The zero-order valence-electron chi connectivity index (χ0n) is 11.6. The lowest BCUT2D eigenvalue weighted by molar-refractivity contribution is 0.0773. The highest BCUT2D eigenvalue weighted by Gasteiger charge is 2.36. The van der Waals surface area contributed by atoms with Gasteiger partial charge in [0.1, 0.15) is 11.5 Å². The van der Waals surface area contributed by atoms with E-state index in [0.29, 0.717) is 18.9 Å². The number of furan rings is 1. The molecule has 3 heterocycles. The first-order chi connectivity index (χ1) is 9.56. The lowest BCUT2D eigenvalue weighted by Gasteiger charge is -2.15. The third-order valence-electron chi connectivity index (χ3n) is 3.79. The summed E-state index contributed by atoms with van der Waals surface area (Å²) in [6.07, 6.45) is 3.38. The van der Waals surface area contributed by atoms with E-state index in [2.05, 4.69) is 4.98 Å². The Hall–Kier alpha value is -2.08. The smallest absolute Gasteiger partial charge is 0.289 e. The van der Waals surface area contributed by atoms with Gasteiger partial charge in [-0.2, -0.15) is 0 Å². The van der Waals surface area contributed by atoms with Gasteiger partial charge in [0.15, 0.2) is 5.82 Å². The van der Waals surface area contributed by atoms with Gasteiger partial charge in [-0.1, -0.05) is 0 Å². The molecule has 6 nitrogen and oxygen atoms in total. The topological polar surface area (TPSA) is 77.3 Å². The molecule has 106 valence electrons. The van der Waals surface area contributed by atoms with Gasteiger partial charge in [-0.3, -0.25) is 4.79 Å². The monoisotopic (exact) mass is 274 g/mol. The molecule has 2 atom stereocenters. The van der Waals surface area contributed by atoms with Crippen LogP contribution < -0.4 is 5.73 Å². The van der Waals surface area contributed by atoms with Gasteiger partial charge < -0.3 is 19.6 Å². The van der Waals surface area contributed by atoms with Crippen LogP contribution in [0.25, 0.3) is 0 Å². The number of hydrogen-bond acceptors (Lipinski definition) is 4. The summed E-state index contributed by atoms with van der Waals surface area (Å²) >= 11 is 0. The molecule has 0 spiro atoms. The van der Waals surface area contributed by atoms with E-state index < -0.39 is 0 Å². The van der Waals surface area contributed by atoms with Crippen LogP contribution in [-0.4, -0.2) is 39.5 Å². The van der Waals surface area contributed by atoms with E-state index in [9.17, 15) is 4.79 Å². The van der Waals surface area contributed by atoms with Gasteiger partial charge in [-0.25, -0.2) is 4.98 Å². The Morgan fingerprint density at radius 1 is 1.45 bits per heavy atom. The lowest BCUT2D eigenvalue weighted by Crippen LogP contribution is -2.33. The first-order valence-corrected chi connectivity index (χ1v) is 6.65. The summed E-state index contributed by atoms with van der Waals surface area (Å²) < 4.78 is 7.36. The van der Waals surface area contributed by atoms with Crippen molar-refractivity contribution in [2.24, 2.45) is 12.8 Å². The fourth-order valence-corrected chi connectivity index (χ4v) is 2.66. The van der Waals surface area contributed by atoms with Crippen molar-refractivity contribution in [2.45, 2.75) is 18.9 Å². The zero-order chi connectivity index (χ0) is 14.3. The fraction of sp³-hybridized carbons (Fsp3) is 0.429. The number of rotatable bonds is 2. The molecule has 20 heavy (non-hydrogen) atoms. The Balaban J connectivity index is 1.78. The molecular weight excluding hydrogens is 256 g/mol. The molecule has 1 aliphatic heterocycles. The van der Waals surface area contributed by atoms with E-state index in [1.165, 1.54) is 0 Å². The van der Waals surface area contributed by atoms with Crippen LogP contribution in [0.3, 0.4) is 0 Å². The van der Waals surface area contributed by atoms with Crippen LogP contribution in [-0.2, 0) is 7.05 Å². The molecule has 0 aliphatic carbocycles. The summed E-state index contributed by atoms with van der Waals surface area (Å²) in [6.45, 7) is 3.00. The minimum atomic E-state index is -0.107. The van der Waals surface area contributed by atoms with Crippen molar-refractivity contribution in [1.82, 2.24) is 14.5 Å². The van der Waals surface area contributed by atoms with Crippen LogP contribution in [0.1, 0.15) is 28.1 Å². The molecule has 2 aromatic rings. The number of carbonyl (C=O) groups is 1. The minimum absolute atomic E-state index is 0.0490. The predicted octanol–water partition coefficient (Wildman–Crippen LogP) is 0.888. The van der Waals surface area contributed by atoms with E-state index >= 15 is 0 Å². The summed E-state index contributed by atoms with van der Waals surface area (Å²) in [4.78, 5) is 18.3. The van der Waals surface area contributed by atoms with E-state index in [4.69, 9.17) is 10.2 Å². The van der Waals surface area contributed by atoms with Crippen molar-refractivity contribution >= 4 is 5.91 Å². The average molecular weight is 274 g/mol. The highest BCUT2D eigenvalue weighted by molar-refractivity contribution is 5.91. The second kappa shape index (κ2) is 4.79. The molecule has 0 aromatic carbocycles. The number of carbonyl (C=O) groups excluding carboxylic acids is 1. The number of hydrogen-bond donors (Lipinski definition) is 1. The van der Waals surface area contributed by atoms with Crippen molar-refractivity contribution in [3.05, 3.63) is 41.9 Å². The Kier molecular flexibility index (Phi) is 3.10. The standard InChI is InChI=1S/C14H18N4O2/c1-9-3-4-12(20-9)10-7-18(8-11(10)15)14(19)13-16-5-6-17(13)2/h3-6,10-11H,7-8,15H2,1-2H3. The number of amides is 1. The number of aryl methyl sites for hydroxylation is 2. The van der Waals surface area contributed by atoms with Crippen LogP contribution in [0.5, 0.6) is 0 Å². The maximum absolute atomic E-state index is 12.4. The van der Waals surface area contributed by atoms with Crippen LogP contribution in [0.15, 0.2) is 28.9 Å². The summed E-state index contributed by atoms with van der Waals surface area (Å²) in [7, 11) is 1.81. The first-order valence-electron chi connectivity index (χ1n) is 6.65. The maximum atomic E-state index is 12.4. The minimum Gasteiger partial charge on any atom is -0.466 e. The summed E-state index contributed by atoms with van der Waals surface area (Å²) in [5.41, 5.74) is 6.16. The fourth-order valence-electron chi connectivity index (χ4n) is 2.66. The first kappa shape index (κ1) is 12.9. The molecular formula is C14H18N4O2. The largest absolute Gasteiger partial charge is 0.466 e. The zero-order valence-corrected chi connectivity index (χ0v) is 11.6. The van der Waals surface area contributed by atoms with Crippen molar-refractivity contribution in [1.29, 1.82) is 0 Å². The SMILES string of the molecule is Cc1ccc(C2CN(C(=O)c3nccn3C)CC2N)o1. The third kappa shape index (κ3) is 2.12. The lowest BCUT2D eigenvalue weighted by atomic mass is 10.0. The van der Waals surface area contributed by atoms with Gasteiger partial charge in [0, 0.05) is 38.6 Å². The molecule has 1 amide bonds. The molecule has 2 unspecified atom stereocenters. The Morgan fingerprint density at radius 3 is 2.85 bits per heavy atom. The van der Waals surface area contributed by atoms with Gasteiger partial charge in [0.25, 0.3) is 5.91 Å². The molecule has 3 rings (SSSR count). The van der Waals surface area contributed by atoms with Gasteiger partial charge in [0.05, 0.1) is 5.92 Å². The van der Waals surface area contributed by atoms with Gasteiger partial charge in [-0.05, 0) is 19.1 Å². The van der Waals surface area contributed by atoms with Crippen molar-refractivity contribution < 1.29 is 9.21 Å². The average Bonchev–Trinajstić information content (AvgIpc) is 3.09. The van der Waals surface area contributed by atoms with Gasteiger partial charge >= 0.3 is 0 Å². The molecule has 0 radical (unpaired) electrons. The van der Waals surface area contributed by atoms with Crippen LogP contribution >= 0.6 is 0 Å². The van der Waals surface area contributed by atoms with Gasteiger partial charge in [0.2, 0.25) is 0 Å². The van der Waals surface area contributed by atoms with Crippen LogP contribution in [0.4, 0.5) is 0 Å². The highest BCUT2D eigenvalue weighted by Crippen LogP contribution is 2.28. The van der Waals surface area contributed by atoms with Crippen molar-refractivity contribution in [3.8, 4) is 0 Å². The summed E-state index contributed by atoms with van der Waals surface area (Å²) in [6, 6.07) is 3.75. The second-order valence-corrected chi connectivity index (χ2v) is 5.29. The number of nitrogens with zero attached hydrogens (tertiary/aromatic N) is 3.